The number of hydrogen-bond donors (Lipinski definition) is 2. The number of carbonyl (C=O) groups excluding carboxylic acids is 1. The molecule has 1 fully saturated rings. The van der Waals surface area contributed by atoms with Gasteiger partial charge in [0.05, 0.1) is 5.54 Å². The molecule has 8 nitrogen and oxygen atoms in total. The van der Waals surface area contributed by atoms with Crippen LogP contribution in [0.2, 0.25) is 0 Å². The SMILES string of the molecule is CC(C)(C)n1nnc(CCN2CCC[C@H]2c2ccc(/C=C/C(=O)NO)cc2)n1. The fourth-order valence-electron chi connectivity index (χ4n) is 3.38. The number of likely N-dealkylation sites (tertiary alicyclic amines) is 1. The molecule has 28 heavy (non-hydrogen) atoms. The molecule has 0 radical (unpaired) electrons. The fourth-order valence-corrected chi connectivity index (χ4v) is 3.38. The van der Waals surface area contributed by atoms with Crippen molar-refractivity contribution in [2.75, 3.05) is 13.1 Å². The van der Waals surface area contributed by atoms with Gasteiger partial charge in [0.15, 0.2) is 5.82 Å². The minimum Gasteiger partial charge on any atom is -0.296 e. The lowest BCUT2D eigenvalue weighted by atomic mass is 10.0. The van der Waals surface area contributed by atoms with Gasteiger partial charge in [-0.3, -0.25) is 14.9 Å². The number of benzene rings is 1. The van der Waals surface area contributed by atoms with E-state index in [0.29, 0.717) is 6.04 Å². The number of tetrazole rings is 1. The second kappa shape index (κ2) is 8.62. The molecule has 0 aliphatic carbocycles. The molecular formula is C20H28N6O2. The molecule has 0 saturated carbocycles. The van der Waals surface area contributed by atoms with Crippen LogP contribution in [0, 0.1) is 0 Å². The Bertz CT molecular complexity index is 822. The predicted octanol–water partition coefficient (Wildman–Crippen LogP) is 2.33. The zero-order chi connectivity index (χ0) is 20.1. The molecule has 8 heteroatoms. The number of amides is 1. The number of rotatable bonds is 6. The number of hydroxylamine groups is 1. The van der Waals surface area contributed by atoms with Gasteiger partial charge in [0, 0.05) is 25.1 Å². The molecule has 0 bridgehead atoms. The average Bonchev–Trinajstić information content (AvgIpc) is 3.33. The third-order valence-corrected chi connectivity index (χ3v) is 4.90. The van der Waals surface area contributed by atoms with Crippen LogP contribution in [0.3, 0.4) is 0 Å². The van der Waals surface area contributed by atoms with Crippen molar-refractivity contribution in [3.63, 3.8) is 0 Å². The van der Waals surface area contributed by atoms with E-state index in [9.17, 15) is 4.79 Å². The van der Waals surface area contributed by atoms with Gasteiger partial charge in [0.1, 0.15) is 0 Å². The molecule has 1 aromatic carbocycles. The van der Waals surface area contributed by atoms with Crippen molar-refractivity contribution in [3.8, 4) is 0 Å². The average molecular weight is 384 g/mol. The lowest BCUT2D eigenvalue weighted by molar-refractivity contribution is -0.124. The summed E-state index contributed by atoms with van der Waals surface area (Å²) < 4.78 is 0. The number of aromatic nitrogens is 4. The van der Waals surface area contributed by atoms with Crippen molar-refractivity contribution in [2.45, 2.75) is 51.6 Å². The Morgan fingerprint density at radius 1 is 1.32 bits per heavy atom. The Labute approximate surface area is 165 Å². The monoisotopic (exact) mass is 384 g/mol. The van der Waals surface area contributed by atoms with Crippen molar-refractivity contribution >= 4 is 12.0 Å². The van der Waals surface area contributed by atoms with Gasteiger partial charge in [-0.1, -0.05) is 24.3 Å². The van der Waals surface area contributed by atoms with Crippen LogP contribution in [0.15, 0.2) is 30.3 Å². The van der Waals surface area contributed by atoms with Crippen molar-refractivity contribution in [1.29, 1.82) is 0 Å². The highest BCUT2D eigenvalue weighted by Gasteiger charge is 2.26. The Hall–Kier alpha value is -2.58. The van der Waals surface area contributed by atoms with Crippen LogP contribution in [-0.4, -0.2) is 49.3 Å². The van der Waals surface area contributed by atoms with E-state index in [1.54, 1.807) is 16.4 Å². The highest BCUT2D eigenvalue weighted by molar-refractivity contribution is 5.90. The molecule has 1 saturated heterocycles. The summed E-state index contributed by atoms with van der Waals surface area (Å²) in [5, 5.41) is 21.4. The Balaban J connectivity index is 1.60. The molecular weight excluding hydrogens is 356 g/mol. The largest absolute Gasteiger partial charge is 0.296 e. The third kappa shape index (κ3) is 5.02. The predicted molar refractivity (Wildman–Crippen MR) is 105 cm³/mol. The van der Waals surface area contributed by atoms with Crippen molar-refractivity contribution < 1.29 is 10.0 Å². The van der Waals surface area contributed by atoms with Gasteiger partial charge in [-0.2, -0.15) is 4.80 Å². The van der Waals surface area contributed by atoms with Gasteiger partial charge in [0.2, 0.25) is 0 Å². The number of hydrogen-bond acceptors (Lipinski definition) is 6. The van der Waals surface area contributed by atoms with Crippen LogP contribution in [-0.2, 0) is 16.8 Å². The van der Waals surface area contributed by atoms with Crippen LogP contribution in [0.1, 0.15) is 56.6 Å². The first-order valence-electron chi connectivity index (χ1n) is 9.62. The van der Waals surface area contributed by atoms with E-state index in [4.69, 9.17) is 5.21 Å². The molecule has 0 spiro atoms. The summed E-state index contributed by atoms with van der Waals surface area (Å²) in [7, 11) is 0. The first-order chi connectivity index (χ1) is 13.4. The lowest BCUT2D eigenvalue weighted by Gasteiger charge is -2.24. The molecule has 3 rings (SSSR count). The molecule has 2 N–H and O–H groups in total. The number of nitrogens with one attached hydrogen (secondary N) is 1. The summed E-state index contributed by atoms with van der Waals surface area (Å²) in [4.78, 5) is 15.2. The van der Waals surface area contributed by atoms with Gasteiger partial charge in [0.25, 0.3) is 5.91 Å². The van der Waals surface area contributed by atoms with Gasteiger partial charge < -0.3 is 0 Å². The Kier molecular flexibility index (Phi) is 6.21. The third-order valence-electron chi connectivity index (χ3n) is 4.90. The molecule has 2 heterocycles. The zero-order valence-corrected chi connectivity index (χ0v) is 16.7. The van der Waals surface area contributed by atoms with Crippen LogP contribution in [0.4, 0.5) is 0 Å². The zero-order valence-electron chi connectivity index (χ0n) is 16.7. The number of nitrogens with zero attached hydrogens (tertiary/aromatic N) is 5. The van der Waals surface area contributed by atoms with Crippen LogP contribution < -0.4 is 5.48 Å². The lowest BCUT2D eigenvalue weighted by Crippen LogP contribution is -2.26. The summed E-state index contributed by atoms with van der Waals surface area (Å²) in [6.07, 6.45) is 6.06. The number of carbonyl (C=O) groups is 1. The normalized spacial score (nSPS) is 18.1. The van der Waals surface area contributed by atoms with Crippen molar-refractivity contribution in [3.05, 3.63) is 47.3 Å². The van der Waals surface area contributed by atoms with Gasteiger partial charge >= 0.3 is 0 Å². The molecule has 2 aromatic rings. The molecule has 0 unspecified atom stereocenters. The quantitative estimate of drug-likeness (QED) is 0.451. The highest BCUT2D eigenvalue weighted by atomic mass is 16.5. The van der Waals surface area contributed by atoms with E-state index in [1.165, 1.54) is 18.1 Å². The standard InChI is InChI=1S/C20H28N6O2/c1-20(2,3)26-22-18(21-24-26)12-14-25-13-4-5-17(25)16-9-6-15(7-10-16)8-11-19(27)23-28/h6-11,17,28H,4-5,12-14H2,1-3H3,(H,23,27)/b11-8+/t17-/m0/s1. The smallest absolute Gasteiger partial charge is 0.267 e. The summed E-state index contributed by atoms with van der Waals surface area (Å²) in [5.41, 5.74) is 3.62. The fraction of sp³-hybridized carbons (Fsp3) is 0.500. The van der Waals surface area contributed by atoms with Gasteiger partial charge in [-0.15, -0.1) is 10.2 Å². The van der Waals surface area contributed by atoms with E-state index < -0.39 is 5.91 Å². The van der Waals surface area contributed by atoms with Crippen LogP contribution in [0.25, 0.3) is 6.08 Å². The Morgan fingerprint density at radius 3 is 2.71 bits per heavy atom. The summed E-state index contributed by atoms with van der Waals surface area (Å²) in [6.45, 7) is 8.15. The van der Waals surface area contributed by atoms with E-state index in [-0.39, 0.29) is 5.54 Å². The minimum atomic E-state index is -0.539. The maximum absolute atomic E-state index is 11.1. The van der Waals surface area contributed by atoms with E-state index in [0.717, 1.165) is 37.3 Å². The van der Waals surface area contributed by atoms with Gasteiger partial charge in [-0.25, -0.2) is 5.48 Å². The van der Waals surface area contributed by atoms with Crippen molar-refractivity contribution in [1.82, 2.24) is 30.6 Å². The van der Waals surface area contributed by atoms with Crippen LogP contribution >= 0.6 is 0 Å². The summed E-state index contributed by atoms with van der Waals surface area (Å²) in [5.74, 6) is 0.242. The maximum atomic E-state index is 11.1. The van der Waals surface area contributed by atoms with Crippen molar-refractivity contribution in [2.24, 2.45) is 0 Å². The second-order valence-electron chi connectivity index (χ2n) is 8.09. The van der Waals surface area contributed by atoms with Gasteiger partial charge in [-0.05, 0) is 62.6 Å². The summed E-state index contributed by atoms with van der Waals surface area (Å²) >= 11 is 0. The first kappa shape index (κ1) is 20.2. The Morgan fingerprint density at radius 2 is 2.07 bits per heavy atom. The van der Waals surface area contributed by atoms with E-state index >= 15 is 0 Å². The molecule has 1 aliphatic heterocycles. The minimum absolute atomic E-state index is 0.157. The molecule has 1 amide bonds. The molecule has 1 aliphatic rings. The maximum Gasteiger partial charge on any atom is 0.267 e. The molecule has 1 aromatic heterocycles. The van der Waals surface area contributed by atoms with E-state index in [2.05, 4.69) is 53.2 Å². The van der Waals surface area contributed by atoms with Crippen LogP contribution in [0.5, 0.6) is 0 Å². The molecule has 150 valence electrons. The topological polar surface area (TPSA) is 96.2 Å². The molecule has 1 atom stereocenters. The highest BCUT2D eigenvalue weighted by Crippen LogP contribution is 2.32. The second-order valence-corrected chi connectivity index (χ2v) is 8.09. The van der Waals surface area contributed by atoms with E-state index in [1.807, 2.05) is 12.1 Å². The first-order valence-corrected chi connectivity index (χ1v) is 9.62. The summed E-state index contributed by atoms with van der Waals surface area (Å²) in [6, 6.07) is 8.57.